The molecule has 0 fully saturated rings. The van der Waals surface area contributed by atoms with Crippen LogP contribution >= 0.6 is 0 Å². The highest BCUT2D eigenvalue weighted by atomic mass is 19.1. The van der Waals surface area contributed by atoms with Gasteiger partial charge in [-0.15, -0.1) is 0 Å². The molecule has 17 heavy (non-hydrogen) atoms. The van der Waals surface area contributed by atoms with E-state index in [0.717, 1.165) is 0 Å². The van der Waals surface area contributed by atoms with Crippen molar-refractivity contribution in [3.8, 4) is 0 Å². The van der Waals surface area contributed by atoms with Gasteiger partial charge in [-0.1, -0.05) is 6.58 Å². The lowest BCUT2D eigenvalue weighted by molar-refractivity contribution is 0.0315. The summed E-state index contributed by atoms with van der Waals surface area (Å²) in [5.74, 6) is -0.254. The van der Waals surface area contributed by atoms with Gasteiger partial charge in [-0.3, -0.25) is 4.90 Å². The number of carbonyl (C=O) groups excluding carboxylic acids is 1. The van der Waals surface area contributed by atoms with Gasteiger partial charge >= 0.3 is 6.09 Å². The van der Waals surface area contributed by atoms with E-state index < -0.39 is 17.5 Å². The van der Waals surface area contributed by atoms with E-state index in [1.807, 2.05) is 0 Å². The summed E-state index contributed by atoms with van der Waals surface area (Å²) in [6.07, 6.45) is 0.628. The largest absolute Gasteiger partial charge is 0.443 e. The van der Waals surface area contributed by atoms with Crippen LogP contribution in [0, 0.1) is 0 Å². The van der Waals surface area contributed by atoms with Crippen molar-refractivity contribution in [3.05, 3.63) is 24.3 Å². The van der Waals surface area contributed by atoms with E-state index in [4.69, 9.17) is 4.74 Å². The molecule has 0 radical (unpaired) electrons. The van der Waals surface area contributed by atoms with Crippen LogP contribution in [-0.4, -0.2) is 42.6 Å². The molecule has 4 nitrogen and oxygen atoms in total. The van der Waals surface area contributed by atoms with Crippen molar-refractivity contribution < 1.29 is 13.9 Å². The predicted molar refractivity (Wildman–Crippen MR) is 66.0 cm³/mol. The molecule has 0 heterocycles. The standard InChI is InChI=1S/C12H21FN2O2/c1-9(13)8-10(14(5)6)15(7)11(16)17-12(2,3)4/h8H,1H2,2-7H3/b10-8-. The van der Waals surface area contributed by atoms with Crippen LogP contribution in [0.25, 0.3) is 0 Å². The van der Waals surface area contributed by atoms with Crippen molar-refractivity contribution in [2.24, 2.45) is 0 Å². The van der Waals surface area contributed by atoms with Gasteiger partial charge in [0.05, 0.1) is 0 Å². The minimum Gasteiger partial charge on any atom is -0.443 e. The Kier molecular flexibility index (Phi) is 5.19. The number of hydrogen-bond acceptors (Lipinski definition) is 3. The summed E-state index contributed by atoms with van der Waals surface area (Å²) >= 11 is 0. The molecule has 0 aromatic heterocycles. The Bertz CT molecular complexity index is 330. The Morgan fingerprint density at radius 3 is 2.06 bits per heavy atom. The van der Waals surface area contributed by atoms with Crippen LogP contribution in [0.15, 0.2) is 24.3 Å². The molecule has 0 aliphatic heterocycles. The number of carbonyl (C=O) groups is 1. The van der Waals surface area contributed by atoms with Crippen LogP contribution in [0.5, 0.6) is 0 Å². The normalized spacial score (nSPS) is 12.1. The van der Waals surface area contributed by atoms with Crippen molar-refractivity contribution in [2.75, 3.05) is 21.1 Å². The van der Waals surface area contributed by atoms with Gasteiger partial charge in [0.1, 0.15) is 17.2 Å². The second-order valence-electron chi connectivity index (χ2n) is 4.88. The van der Waals surface area contributed by atoms with Gasteiger partial charge in [0.15, 0.2) is 0 Å². The van der Waals surface area contributed by atoms with E-state index in [2.05, 4.69) is 6.58 Å². The second kappa shape index (κ2) is 5.70. The average molecular weight is 244 g/mol. The van der Waals surface area contributed by atoms with Gasteiger partial charge in [-0.25, -0.2) is 9.18 Å². The second-order valence-corrected chi connectivity index (χ2v) is 4.88. The number of rotatable bonds is 3. The number of allylic oxidation sites excluding steroid dienone is 2. The molecule has 0 bridgehead atoms. The number of amides is 1. The van der Waals surface area contributed by atoms with E-state index in [1.165, 1.54) is 18.0 Å². The van der Waals surface area contributed by atoms with Crippen LogP contribution in [0.1, 0.15) is 20.8 Å². The molecule has 0 saturated carbocycles. The fourth-order valence-electron chi connectivity index (χ4n) is 1.09. The van der Waals surface area contributed by atoms with Gasteiger partial charge in [-0.05, 0) is 20.8 Å². The van der Waals surface area contributed by atoms with Crippen LogP contribution in [0.3, 0.4) is 0 Å². The van der Waals surface area contributed by atoms with Crippen molar-refractivity contribution in [2.45, 2.75) is 26.4 Å². The first-order chi connectivity index (χ1) is 7.54. The summed E-state index contributed by atoms with van der Waals surface area (Å²) in [5, 5.41) is 0. The van der Waals surface area contributed by atoms with Gasteiger partial charge < -0.3 is 9.64 Å². The minimum atomic E-state index is -0.621. The first kappa shape index (κ1) is 15.5. The molecule has 0 atom stereocenters. The minimum absolute atomic E-state index is 0.367. The van der Waals surface area contributed by atoms with E-state index in [-0.39, 0.29) is 0 Å². The molecule has 98 valence electrons. The molecule has 0 rings (SSSR count). The van der Waals surface area contributed by atoms with Crippen molar-refractivity contribution in [1.29, 1.82) is 0 Å². The lowest BCUT2D eigenvalue weighted by atomic mass is 10.2. The lowest BCUT2D eigenvalue weighted by Gasteiger charge is -2.29. The van der Waals surface area contributed by atoms with Gasteiger partial charge in [0.2, 0.25) is 0 Å². The Morgan fingerprint density at radius 1 is 1.29 bits per heavy atom. The van der Waals surface area contributed by atoms with Crippen LogP contribution in [-0.2, 0) is 4.74 Å². The third-order valence-corrected chi connectivity index (χ3v) is 1.75. The number of ether oxygens (including phenoxy) is 1. The molecule has 0 unspecified atom stereocenters. The van der Waals surface area contributed by atoms with Crippen molar-refractivity contribution in [3.63, 3.8) is 0 Å². The van der Waals surface area contributed by atoms with E-state index >= 15 is 0 Å². The molecule has 0 N–H and O–H groups in total. The van der Waals surface area contributed by atoms with E-state index in [9.17, 15) is 9.18 Å². The summed E-state index contributed by atoms with van der Waals surface area (Å²) in [6.45, 7) is 8.45. The Balaban J connectivity index is 4.92. The Hall–Kier alpha value is -1.52. The maximum atomic E-state index is 12.8. The predicted octanol–water partition coefficient (Wildman–Crippen LogP) is 2.74. The topological polar surface area (TPSA) is 32.8 Å². The van der Waals surface area contributed by atoms with Gasteiger partial charge in [0.25, 0.3) is 0 Å². The summed E-state index contributed by atoms with van der Waals surface area (Å²) in [5.41, 5.74) is -0.588. The monoisotopic (exact) mass is 244 g/mol. The maximum Gasteiger partial charge on any atom is 0.415 e. The number of halogens is 1. The van der Waals surface area contributed by atoms with Crippen LogP contribution < -0.4 is 0 Å². The molecule has 0 spiro atoms. The fraction of sp³-hybridized carbons (Fsp3) is 0.583. The summed E-state index contributed by atoms with van der Waals surface area (Å²) < 4.78 is 18.0. The maximum absolute atomic E-state index is 12.8. The molecule has 1 amide bonds. The van der Waals surface area contributed by atoms with Gasteiger partial charge in [0, 0.05) is 27.2 Å². The summed E-state index contributed by atoms with van der Waals surface area (Å²) in [4.78, 5) is 14.6. The summed E-state index contributed by atoms with van der Waals surface area (Å²) in [6, 6.07) is 0. The molecule has 0 saturated heterocycles. The highest BCUT2D eigenvalue weighted by molar-refractivity contribution is 5.70. The zero-order valence-electron chi connectivity index (χ0n) is 11.4. The van der Waals surface area contributed by atoms with Crippen LogP contribution in [0.4, 0.5) is 9.18 Å². The van der Waals surface area contributed by atoms with Crippen molar-refractivity contribution in [1.82, 2.24) is 9.80 Å². The SMILES string of the molecule is C=C(F)/C=C(/N(C)C)N(C)C(=O)OC(C)(C)C. The molecule has 0 aliphatic carbocycles. The first-order valence-corrected chi connectivity index (χ1v) is 5.24. The quantitative estimate of drug-likeness (QED) is 0.716. The molecular weight excluding hydrogens is 223 g/mol. The van der Waals surface area contributed by atoms with Crippen molar-refractivity contribution >= 4 is 6.09 Å². The smallest absolute Gasteiger partial charge is 0.415 e. The Labute approximate surface area is 102 Å². The fourth-order valence-corrected chi connectivity index (χ4v) is 1.09. The first-order valence-electron chi connectivity index (χ1n) is 5.24. The number of nitrogens with zero attached hydrogens (tertiary/aromatic N) is 2. The van der Waals surface area contributed by atoms with Crippen LogP contribution in [0.2, 0.25) is 0 Å². The zero-order chi connectivity index (χ0) is 13.8. The zero-order valence-corrected chi connectivity index (χ0v) is 11.4. The summed E-state index contributed by atoms with van der Waals surface area (Å²) in [7, 11) is 4.92. The number of hydrogen-bond donors (Lipinski definition) is 0. The Morgan fingerprint density at radius 2 is 1.76 bits per heavy atom. The lowest BCUT2D eigenvalue weighted by Crippen LogP contribution is -2.37. The molecule has 0 aromatic carbocycles. The third kappa shape index (κ3) is 5.94. The molecule has 0 aliphatic rings. The third-order valence-electron chi connectivity index (χ3n) is 1.75. The highest BCUT2D eigenvalue weighted by Gasteiger charge is 2.22. The highest BCUT2D eigenvalue weighted by Crippen LogP contribution is 2.14. The molecular formula is C12H21FN2O2. The van der Waals surface area contributed by atoms with E-state index in [1.54, 1.807) is 39.8 Å². The average Bonchev–Trinajstić information content (AvgIpc) is 2.09. The molecule has 0 aromatic rings. The van der Waals surface area contributed by atoms with Gasteiger partial charge in [-0.2, -0.15) is 0 Å². The molecule has 5 heteroatoms. The van der Waals surface area contributed by atoms with E-state index in [0.29, 0.717) is 5.82 Å².